The smallest absolute Gasteiger partial charge is 0.224 e. The van der Waals surface area contributed by atoms with Crippen LogP contribution in [0.4, 0.5) is 0 Å². The zero-order valence-electron chi connectivity index (χ0n) is 19.4. The van der Waals surface area contributed by atoms with Gasteiger partial charge in [-0.15, -0.1) is 11.8 Å². The lowest BCUT2D eigenvalue weighted by Crippen LogP contribution is -2.38. The van der Waals surface area contributed by atoms with Crippen LogP contribution in [0.2, 0.25) is 0 Å². The summed E-state index contributed by atoms with van der Waals surface area (Å²) in [5.74, 6) is 6.41. The minimum absolute atomic E-state index is 0.123. The molecule has 0 radical (unpaired) electrons. The molecule has 1 atom stereocenters. The molecule has 1 aliphatic rings. The van der Waals surface area contributed by atoms with E-state index in [1.54, 1.807) is 44.9 Å². The van der Waals surface area contributed by atoms with E-state index in [1.165, 1.54) is 0 Å². The predicted octanol–water partition coefficient (Wildman–Crippen LogP) is 4.26. The van der Waals surface area contributed by atoms with Gasteiger partial charge >= 0.3 is 0 Å². The van der Waals surface area contributed by atoms with Crippen molar-refractivity contribution in [2.24, 2.45) is 0 Å². The Bertz CT molecular complexity index is 903. The Hall–Kier alpha value is -1.97. The maximum atomic E-state index is 12.8. The number of rotatable bonds is 11. The van der Waals surface area contributed by atoms with E-state index >= 15 is 0 Å². The lowest BCUT2D eigenvalue weighted by atomic mass is 10.1. The SMILES string of the molecule is COc1cc(OC)c(C2SCCC(=O)N2CCSCc2ccc(CN(C)C)o2)cc1OC. The Kier molecular flexibility index (Phi) is 9.07. The summed E-state index contributed by atoms with van der Waals surface area (Å²) in [7, 11) is 8.89. The lowest BCUT2D eigenvalue weighted by Gasteiger charge is -2.36. The van der Waals surface area contributed by atoms with Crippen LogP contribution in [0.25, 0.3) is 0 Å². The van der Waals surface area contributed by atoms with Crippen LogP contribution in [0.1, 0.15) is 28.9 Å². The first-order valence-corrected chi connectivity index (χ1v) is 12.7. The van der Waals surface area contributed by atoms with Gasteiger partial charge in [-0.2, -0.15) is 11.8 Å². The van der Waals surface area contributed by atoms with Crippen LogP contribution in [0.5, 0.6) is 17.2 Å². The molecule has 176 valence electrons. The highest BCUT2D eigenvalue weighted by molar-refractivity contribution is 7.99. The van der Waals surface area contributed by atoms with Gasteiger partial charge in [0.25, 0.3) is 0 Å². The van der Waals surface area contributed by atoms with Crippen molar-refractivity contribution in [3.63, 3.8) is 0 Å². The molecule has 1 saturated heterocycles. The van der Waals surface area contributed by atoms with E-state index in [9.17, 15) is 4.79 Å². The maximum absolute atomic E-state index is 12.8. The summed E-state index contributed by atoms with van der Waals surface area (Å²) < 4.78 is 22.4. The van der Waals surface area contributed by atoms with E-state index in [0.717, 1.165) is 40.9 Å². The Balaban J connectivity index is 1.67. The van der Waals surface area contributed by atoms with E-state index in [4.69, 9.17) is 18.6 Å². The molecule has 0 saturated carbocycles. The van der Waals surface area contributed by atoms with Gasteiger partial charge in [0.2, 0.25) is 5.91 Å². The van der Waals surface area contributed by atoms with Crippen LogP contribution in [0.15, 0.2) is 28.7 Å². The fourth-order valence-electron chi connectivity index (χ4n) is 3.60. The molecule has 7 nitrogen and oxygen atoms in total. The molecule has 1 aromatic heterocycles. The molecule has 2 heterocycles. The summed E-state index contributed by atoms with van der Waals surface area (Å²) in [5.41, 5.74) is 0.924. The zero-order valence-corrected chi connectivity index (χ0v) is 21.0. The first-order chi connectivity index (χ1) is 15.5. The van der Waals surface area contributed by atoms with Crippen LogP contribution in [0.3, 0.4) is 0 Å². The Morgan fingerprint density at radius 3 is 2.47 bits per heavy atom. The largest absolute Gasteiger partial charge is 0.496 e. The summed E-state index contributed by atoms with van der Waals surface area (Å²) in [6, 6.07) is 7.80. The van der Waals surface area contributed by atoms with E-state index in [1.807, 2.05) is 43.3 Å². The molecule has 0 aliphatic carbocycles. The number of amides is 1. The number of hydrogen-bond donors (Lipinski definition) is 0. The summed E-state index contributed by atoms with van der Waals surface area (Å²) in [5, 5.41) is -0.123. The van der Waals surface area contributed by atoms with Crippen molar-refractivity contribution < 1.29 is 23.4 Å². The highest BCUT2D eigenvalue weighted by Crippen LogP contribution is 2.45. The number of carbonyl (C=O) groups excluding carboxylic acids is 1. The molecule has 32 heavy (non-hydrogen) atoms. The number of hydrogen-bond acceptors (Lipinski definition) is 8. The number of methoxy groups -OCH3 is 3. The normalized spacial score (nSPS) is 16.5. The second kappa shape index (κ2) is 11.8. The number of carbonyl (C=O) groups is 1. The predicted molar refractivity (Wildman–Crippen MR) is 130 cm³/mol. The molecule has 3 rings (SSSR count). The van der Waals surface area contributed by atoms with Crippen LogP contribution in [0, 0.1) is 0 Å². The fourth-order valence-corrected chi connectivity index (χ4v) is 5.71. The van der Waals surface area contributed by atoms with Crippen LogP contribution >= 0.6 is 23.5 Å². The summed E-state index contributed by atoms with van der Waals surface area (Å²) in [4.78, 5) is 16.8. The van der Waals surface area contributed by atoms with Gasteiger partial charge in [-0.3, -0.25) is 4.79 Å². The van der Waals surface area contributed by atoms with Gasteiger partial charge in [-0.25, -0.2) is 0 Å². The highest BCUT2D eigenvalue weighted by Gasteiger charge is 2.32. The van der Waals surface area contributed by atoms with Gasteiger partial charge in [-0.05, 0) is 32.3 Å². The average Bonchev–Trinajstić information content (AvgIpc) is 3.22. The van der Waals surface area contributed by atoms with Gasteiger partial charge in [0.05, 0.1) is 33.6 Å². The topological polar surface area (TPSA) is 64.4 Å². The molecule has 9 heteroatoms. The summed E-state index contributed by atoms with van der Waals surface area (Å²) in [6.07, 6.45) is 0.549. The Morgan fingerprint density at radius 1 is 1.09 bits per heavy atom. The third-order valence-corrected chi connectivity index (χ3v) is 7.33. The van der Waals surface area contributed by atoms with Crippen LogP contribution in [-0.2, 0) is 17.1 Å². The first kappa shape index (κ1) is 24.7. The molecule has 1 amide bonds. The molecule has 0 N–H and O–H groups in total. The molecular weight excluding hydrogens is 448 g/mol. The van der Waals surface area contributed by atoms with E-state index in [-0.39, 0.29) is 11.3 Å². The third kappa shape index (κ3) is 6.08. The van der Waals surface area contributed by atoms with Gasteiger partial charge in [0.1, 0.15) is 22.6 Å². The Morgan fingerprint density at radius 2 is 1.78 bits per heavy atom. The van der Waals surface area contributed by atoms with Crippen molar-refractivity contribution in [3.8, 4) is 17.2 Å². The standard InChI is InChI=1S/C23H32N2O5S2/c1-24(2)14-16-6-7-17(30-16)15-31-11-9-25-22(26)8-10-32-23(25)18-12-20(28-4)21(29-5)13-19(18)27-3/h6-7,12-13,23H,8-11,14-15H2,1-5H3. The summed E-state index contributed by atoms with van der Waals surface area (Å²) in [6.45, 7) is 1.45. The molecule has 1 unspecified atom stereocenters. The number of furan rings is 1. The molecular formula is C23H32N2O5S2. The maximum Gasteiger partial charge on any atom is 0.224 e. The molecule has 0 bridgehead atoms. The van der Waals surface area contributed by atoms with E-state index in [0.29, 0.717) is 30.2 Å². The first-order valence-electron chi connectivity index (χ1n) is 10.5. The highest BCUT2D eigenvalue weighted by atomic mass is 32.2. The van der Waals surface area contributed by atoms with Crippen molar-refractivity contribution in [1.82, 2.24) is 9.80 Å². The van der Waals surface area contributed by atoms with E-state index < -0.39 is 0 Å². The second-order valence-electron chi connectivity index (χ2n) is 7.67. The zero-order chi connectivity index (χ0) is 23.1. The van der Waals surface area contributed by atoms with Crippen molar-refractivity contribution in [1.29, 1.82) is 0 Å². The number of nitrogens with zero attached hydrogens (tertiary/aromatic N) is 2. The average molecular weight is 481 g/mol. The monoisotopic (exact) mass is 480 g/mol. The second-order valence-corrected chi connectivity index (χ2v) is 9.96. The number of benzene rings is 1. The van der Waals surface area contributed by atoms with Crippen LogP contribution < -0.4 is 14.2 Å². The minimum atomic E-state index is -0.123. The molecule has 1 aliphatic heterocycles. The number of thioether (sulfide) groups is 2. The van der Waals surface area contributed by atoms with Gasteiger partial charge in [0, 0.05) is 36.1 Å². The van der Waals surface area contributed by atoms with Crippen molar-refractivity contribution in [2.45, 2.75) is 24.1 Å². The van der Waals surface area contributed by atoms with Gasteiger partial charge in [0.15, 0.2) is 11.5 Å². The molecule has 2 aromatic rings. The van der Waals surface area contributed by atoms with Gasteiger partial charge in [-0.1, -0.05) is 0 Å². The van der Waals surface area contributed by atoms with Crippen LogP contribution in [-0.4, -0.2) is 69.2 Å². The lowest BCUT2D eigenvalue weighted by molar-refractivity contribution is -0.131. The van der Waals surface area contributed by atoms with E-state index in [2.05, 4.69) is 4.90 Å². The third-order valence-electron chi connectivity index (χ3n) is 5.11. The minimum Gasteiger partial charge on any atom is -0.496 e. The molecule has 1 fully saturated rings. The fraction of sp³-hybridized carbons (Fsp3) is 0.522. The van der Waals surface area contributed by atoms with Gasteiger partial charge < -0.3 is 28.4 Å². The quantitative estimate of drug-likeness (QED) is 0.442. The molecule has 0 spiro atoms. The molecule has 1 aromatic carbocycles. The Labute approximate surface area is 198 Å². The number of ether oxygens (including phenoxy) is 3. The van der Waals surface area contributed by atoms with Crippen molar-refractivity contribution >= 4 is 29.4 Å². The van der Waals surface area contributed by atoms with Crippen molar-refractivity contribution in [3.05, 3.63) is 41.3 Å². The summed E-state index contributed by atoms with van der Waals surface area (Å²) >= 11 is 3.52. The van der Waals surface area contributed by atoms with Crippen molar-refractivity contribution in [2.75, 3.05) is 53.5 Å².